The minimum Gasteiger partial charge on any atom is -0.496 e. The highest BCUT2D eigenvalue weighted by Crippen LogP contribution is 2.35. The molecular weight excluding hydrogens is 294 g/mol. The zero-order chi connectivity index (χ0) is 16.8. The number of hydrogen-bond donors (Lipinski definition) is 1. The molecule has 0 aliphatic carbocycles. The molecule has 0 bridgehead atoms. The number of anilines is 1. The van der Waals surface area contributed by atoms with E-state index in [2.05, 4.69) is 5.32 Å². The Morgan fingerprint density at radius 1 is 0.957 bits per heavy atom. The lowest BCUT2D eigenvalue weighted by atomic mass is 10.1. The van der Waals surface area contributed by atoms with Gasteiger partial charge in [-0.05, 0) is 18.1 Å². The molecule has 2 aromatic carbocycles. The zero-order valence-electron chi connectivity index (χ0n) is 13.8. The lowest BCUT2D eigenvalue weighted by Crippen LogP contribution is -2.14. The van der Waals surface area contributed by atoms with E-state index in [0.29, 0.717) is 22.8 Å². The zero-order valence-corrected chi connectivity index (χ0v) is 13.8. The third-order valence-electron chi connectivity index (χ3n) is 3.60. The fraction of sp³-hybridized carbons (Fsp3) is 0.278. The predicted molar refractivity (Wildman–Crippen MR) is 89.9 cm³/mol. The minimum absolute atomic E-state index is 0.260. The highest BCUT2D eigenvalue weighted by molar-refractivity contribution is 6.07. The number of para-hydroxylation sites is 1. The van der Waals surface area contributed by atoms with Crippen LogP contribution in [0.2, 0.25) is 0 Å². The standard InChI is InChI=1S/C18H21NO4/c1-5-12-8-6-7-9-14(12)19-18(20)13-10-16(22-3)17(23-4)11-15(13)21-2/h6-11H,5H2,1-4H3,(H,19,20). The second kappa shape index (κ2) is 7.54. The molecule has 2 aromatic rings. The van der Waals surface area contributed by atoms with E-state index in [1.807, 2.05) is 31.2 Å². The molecule has 1 amide bonds. The van der Waals surface area contributed by atoms with E-state index in [9.17, 15) is 4.79 Å². The van der Waals surface area contributed by atoms with Gasteiger partial charge < -0.3 is 19.5 Å². The number of benzene rings is 2. The Labute approximate surface area is 136 Å². The van der Waals surface area contributed by atoms with Crippen molar-refractivity contribution in [3.8, 4) is 17.2 Å². The fourth-order valence-corrected chi connectivity index (χ4v) is 2.35. The van der Waals surface area contributed by atoms with Gasteiger partial charge in [-0.1, -0.05) is 25.1 Å². The van der Waals surface area contributed by atoms with Gasteiger partial charge >= 0.3 is 0 Å². The van der Waals surface area contributed by atoms with Gasteiger partial charge in [0, 0.05) is 17.8 Å². The summed E-state index contributed by atoms with van der Waals surface area (Å²) in [6, 6.07) is 11.0. The first kappa shape index (κ1) is 16.7. The first-order valence-electron chi connectivity index (χ1n) is 7.33. The molecule has 2 rings (SSSR count). The third-order valence-corrected chi connectivity index (χ3v) is 3.60. The second-order valence-electron chi connectivity index (χ2n) is 4.87. The number of ether oxygens (including phenoxy) is 3. The summed E-state index contributed by atoms with van der Waals surface area (Å²) in [7, 11) is 4.57. The third kappa shape index (κ3) is 3.56. The van der Waals surface area contributed by atoms with Crippen molar-refractivity contribution in [1.82, 2.24) is 0 Å². The molecule has 0 atom stereocenters. The van der Waals surface area contributed by atoms with Crippen molar-refractivity contribution in [2.45, 2.75) is 13.3 Å². The molecule has 122 valence electrons. The molecule has 0 aromatic heterocycles. The topological polar surface area (TPSA) is 56.8 Å². The van der Waals surface area contributed by atoms with Crippen LogP contribution in [0.25, 0.3) is 0 Å². The van der Waals surface area contributed by atoms with E-state index in [1.54, 1.807) is 12.1 Å². The van der Waals surface area contributed by atoms with E-state index < -0.39 is 0 Å². The molecule has 0 unspecified atom stereocenters. The fourth-order valence-electron chi connectivity index (χ4n) is 2.35. The van der Waals surface area contributed by atoms with Gasteiger partial charge in [0.25, 0.3) is 5.91 Å². The molecule has 0 fully saturated rings. The van der Waals surface area contributed by atoms with Crippen molar-refractivity contribution >= 4 is 11.6 Å². The van der Waals surface area contributed by atoms with Crippen LogP contribution in [0.15, 0.2) is 36.4 Å². The molecule has 5 heteroatoms. The van der Waals surface area contributed by atoms with E-state index in [-0.39, 0.29) is 5.91 Å². The number of amides is 1. The summed E-state index contributed by atoms with van der Waals surface area (Å²) in [5.74, 6) is 1.15. The van der Waals surface area contributed by atoms with Crippen molar-refractivity contribution < 1.29 is 19.0 Å². The molecule has 0 aliphatic rings. The minimum atomic E-state index is -0.260. The van der Waals surface area contributed by atoms with Gasteiger partial charge in [-0.15, -0.1) is 0 Å². The summed E-state index contributed by atoms with van der Waals surface area (Å²) in [5.41, 5.74) is 2.24. The second-order valence-corrected chi connectivity index (χ2v) is 4.87. The Hall–Kier alpha value is -2.69. The van der Waals surface area contributed by atoms with Crippen molar-refractivity contribution in [2.75, 3.05) is 26.6 Å². The van der Waals surface area contributed by atoms with Gasteiger partial charge in [0.15, 0.2) is 11.5 Å². The molecular formula is C18H21NO4. The van der Waals surface area contributed by atoms with Crippen LogP contribution in [-0.4, -0.2) is 27.2 Å². The number of carbonyl (C=O) groups is 1. The van der Waals surface area contributed by atoms with Crippen molar-refractivity contribution in [1.29, 1.82) is 0 Å². The Balaban J connectivity index is 2.38. The van der Waals surface area contributed by atoms with Crippen LogP contribution in [0.1, 0.15) is 22.8 Å². The molecule has 0 spiro atoms. The first-order valence-corrected chi connectivity index (χ1v) is 7.33. The average Bonchev–Trinajstić information content (AvgIpc) is 2.60. The van der Waals surface area contributed by atoms with Crippen LogP contribution in [0, 0.1) is 0 Å². The summed E-state index contributed by atoms with van der Waals surface area (Å²) < 4.78 is 15.8. The number of aryl methyl sites for hydroxylation is 1. The summed E-state index contributed by atoms with van der Waals surface area (Å²) >= 11 is 0. The molecule has 0 radical (unpaired) electrons. The average molecular weight is 315 g/mol. The van der Waals surface area contributed by atoms with Crippen LogP contribution in [-0.2, 0) is 6.42 Å². The molecule has 1 N–H and O–H groups in total. The number of methoxy groups -OCH3 is 3. The van der Waals surface area contributed by atoms with E-state index in [4.69, 9.17) is 14.2 Å². The summed E-state index contributed by atoms with van der Waals surface area (Å²) in [4.78, 5) is 12.6. The number of hydrogen-bond acceptors (Lipinski definition) is 4. The Kier molecular flexibility index (Phi) is 5.46. The molecule has 0 saturated carbocycles. The summed E-state index contributed by atoms with van der Waals surface area (Å²) in [6.45, 7) is 2.04. The predicted octanol–water partition coefficient (Wildman–Crippen LogP) is 3.53. The summed E-state index contributed by atoms with van der Waals surface area (Å²) in [6.07, 6.45) is 0.833. The smallest absolute Gasteiger partial charge is 0.259 e. The molecule has 0 aliphatic heterocycles. The molecule has 0 saturated heterocycles. The Morgan fingerprint density at radius 2 is 1.57 bits per heavy atom. The van der Waals surface area contributed by atoms with Crippen LogP contribution in [0.5, 0.6) is 17.2 Å². The quantitative estimate of drug-likeness (QED) is 0.886. The van der Waals surface area contributed by atoms with Crippen LogP contribution >= 0.6 is 0 Å². The SMILES string of the molecule is CCc1ccccc1NC(=O)c1cc(OC)c(OC)cc1OC. The maximum atomic E-state index is 12.6. The Bertz CT molecular complexity index is 697. The number of rotatable bonds is 6. The lowest BCUT2D eigenvalue weighted by molar-refractivity contribution is 0.102. The molecule has 0 heterocycles. The van der Waals surface area contributed by atoms with Gasteiger partial charge in [-0.3, -0.25) is 4.79 Å². The highest BCUT2D eigenvalue weighted by Gasteiger charge is 2.18. The molecule has 5 nitrogen and oxygen atoms in total. The maximum Gasteiger partial charge on any atom is 0.259 e. The van der Waals surface area contributed by atoms with Gasteiger partial charge in [0.05, 0.1) is 26.9 Å². The normalized spacial score (nSPS) is 10.1. The van der Waals surface area contributed by atoms with Crippen molar-refractivity contribution in [2.24, 2.45) is 0 Å². The highest BCUT2D eigenvalue weighted by atomic mass is 16.5. The van der Waals surface area contributed by atoms with Crippen molar-refractivity contribution in [3.05, 3.63) is 47.5 Å². The molecule has 23 heavy (non-hydrogen) atoms. The lowest BCUT2D eigenvalue weighted by Gasteiger charge is -2.15. The largest absolute Gasteiger partial charge is 0.496 e. The van der Waals surface area contributed by atoms with Crippen molar-refractivity contribution in [3.63, 3.8) is 0 Å². The van der Waals surface area contributed by atoms with E-state index in [1.165, 1.54) is 21.3 Å². The maximum absolute atomic E-state index is 12.6. The van der Waals surface area contributed by atoms with Gasteiger partial charge in [-0.25, -0.2) is 0 Å². The van der Waals surface area contributed by atoms with Gasteiger partial charge in [-0.2, -0.15) is 0 Å². The van der Waals surface area contributed by atoms with Crippen LogP contribution in [0.3, 0.4) is 0 Å². The van der Waals surface area contributed by atoms with Gasteiger partial charge in [0.2, 0.25) is 0 Å². The number of nitrogens with one attached hydrogen (secondary N) is 1. The monoisotopic (exact) mass is 315 g/mol. The van der Waals surface area contributed by atoms with Gasteiger partial charge in [0.1, 0.15) is 5.75 Å². The van der Waals surface area contributed by atoms with Crippen LogP contribution < -0.4 is 19.5 Å². The Morgan fingerprint density at radius 3 is 2.17 bits per heavy atom. The van der Waals surface area contributed by atoms with E-state index in [0.717, 1.165) is 17.7 Å². The summed E-state index contributed by atoms with van der Waals surface area (Å²) in [5, 5.41) is 2.93. The van der Waals surface area contributed by atoms with E-state index >= 15 is 0 Å². The number of carbonyl (C=O) groups excluding carboxylic acids is 1. The first-order chi connectivity index (χ1) is 11.1. The van der Waals surface area contributed by atoms with Crippen LogP contribution in [0.4, 0.5) is 5.69 Å².